The number of benzene rings is 2. The summed E-state index contributed by atoms with van der Waals surface area (Å²) in [6.45, 7) is 1.97. The Morgan fingerprint density at radius 1 is 1.17 bits per heavy atom. The average Bonchev–Trinajstić information content (AvgIpc) is 2.34. The SMILES string of the molecule is Cc1ccc(Cl)cc1Oc1ccc(C(N)=S)cc1. The molecule has 0 aromatic heterocycles. The molecule has 18 heavy (non-hydrogen) atoms. The lowest BCUT2D eigenvalue weighted by Gasteiger charge is -2.09. The summed E-state index contributed by atoms with van der Waals surface area (Å²) in [6, 6.07) is 12.9. The maximum atomic E-state index is 5.94. The summed E-state index contributed by atoms with van der Waals surface area (Å²) >= 11 is 10.8. The minimum absolute atomic E-state index is 0.375. The lowest BCUT2D eigenvalue weighted by atomic mass is 10.2. The van der Waals surface area contributed by atoms with Gasteiger partial charge in [-0.15, -0.1) is 0 Å². The second-order valence-corrected chi connectivity index (χ2v) is 4.78. The molecular weight excluding hydrogens is 266 g/mol. The van der Waals surface area contributed by atoms with E-state index in [1.807, 2.05) is 43.3 Å². The molecule has 0 amide bonds. The molecule has 0 bridgehead atoms. The molecule has 0 fully saturated rings. The van der Waals surface area contributed by atoms with Crippen LogP contribution in [0.25, 0.3) is 0 Å². The summed E-state index contributed by atoms with van der Waals surface area (Å²) in [5.74, 6) is 1.46. The zero-order chi connectivity index (χ0) is 13.1. The van der Waals surface area contributed by atoms with Crippen LogP contribution in [-0.2, 0) is 0 Å². The van der Waals surface area contributed by atoms with E-state index >= 15 is 0 Å². The van der Waals surface area contributed by atoms with Crippen LogP contribution in [-0.4, -0.2) is 4.99 Å². The van der Waals surface area contributed by atoms with E-state index in [-0.39, 0.29) is 0 Å². The predicted octanol–water partition coefficient (Wildman–Crippen LogP) is 4.07. The maximum absolute atomic E-state index is 5.94. The third-order valence-corrected chi connectivity index (χ3v) is 2.99. The van der Waals surface area contributed by atoms with E-state index < -0.39 is 0 Å². The van der Waals surface area contributed by atoms with Gasteiger partial charge in [-0.1, -0.05) is 29.9 Å². The van der Waals surface area contributed by atoms with Gasteiger partial charge >= 0.3 is 0 Å². The number of thiocarbonyl (C=S) groups is 1. The Bertz CT molecular complexity index is 581. The van der Waals surface area contributed by atoms with Gasteiger partial charge in [0.15, 0.2) is 0 Å². The first-order chi connectivity index (χ1) is 8.56. The molecule has 0 spiro atoms. The van der Waals surface area contributed by atoms with Crippen molar-refractivity contribution in [2.75, 3.05) is 0 Å². The standard InChI is InChI=1S/C14H12ClNOS/c1-9-2-5-11(15)8-13(9)17-12-6-3-10(4-7-12)14(16)18/h2-8H,1H3,(H2,16,18). The van der Waals surface area contributed by atoms with Gasteiger partial charge in [-0.25, -0.2) is 0 Å². The van der Waals surface area contributed by atoms with Crippen molar-refractivity contribution in [2.45, 2.75) is 6.92 Å². The van der Waals surface area contributed by atoms with E-state index in [1.54, 1.807) is 6.07 Å². The lowest BCUT2D eigenvalue weighted by molar-refractivity contribution is 0.479. The highest BCUT2D eigenvalue weighted by Gasteiger charge is 2.03. The number of aryl methyl sites for hydroxylation is 1. The van der Waals surface area contributed by atoms with Gasteiger partial charge in [0.1, 0.15) is 16.5 Å². The van der Waals surface area contributed by atoms with E-state index in [0.717, 1.165) is 22.6 Å². The first kappa shape index (κ1) is 12.9. The fourth-order valence-electron chi connectivity index (χ4n) is 1.50. The molecule has 0 atom stereocenters. The number of hydrogen-bond donors (Lipinski definition) is 1. The fourth-order valence-corrected chi connectivity index (χ4v) is 1.80. The maximum Gasteiger partial charge on any atom is 0.131 e. The topological polar surface area (TPSA) is 35.2 Å². The summed E-state index contributed by atoms with van der Waals surface area (Å²) in [7, 11) is 0. The molecule has 0 aliphatic rings. The largest absolute Gasteiger partial charge is 0.457 e. The molecule has 0 aliphatic heterocycles. The Labute approximate surface area is 116 Å². The third kappa shape index (κ3) is 3.00. The fraction of sp³-hybridized carbons (Fsp3) is 0.0714. The van der Waals surface area contributed by atoms with E-state index in [4.69, 9.17) is 34.3 Å². The van der Waals surface area contributed by atoms with Crippen molar-refractivity contribution in [2.24, 2.45) is 5.73 Å². The molecule has 0 saturated carbocycles. The van der Waals surface area contributed by atoms with Crippen LogP contribution in [0.4, 0.5) is 0 Å². The predicted molar refractivity (Wildman–Crippen MR) is 78.6 cm³/mol. The quantitative estimate of drug-likeness (QED) is 0.859. The Balaban J connectivity index is 2.23. The monoisotopic (exact) mass is 277 g/mol. The molecule has 0 aliphatic carbocycles. The van der Waals surface area contributed by atoms with Crippen molar-refractivity contribution in [3.05, 3.63) is 58.6 Å². The van der Waals surface area contributed by atoms with Crippen LogP contribution in [0.3, 0.4) is 0 Å². The summed E-state index contributed by atoms with van der Waals surface area (Å²) < 4.78 is 5.76. The number of nitrogens with two attached hydrogens (primary N) is 1. The second-order valence-electron chi connectivity index (χ2n) is 3.90. The Morgan fingerprint density at radius 2 is 1.83 bits per heavy atom. The first-order valence-electron chi connectivity index (χ1n) is 5.40. The van der Waals surface area contributed by atoms with Crippen molar-refractivity contribution < 1.29 is 4.74 Å². The van der Waals surface area contributed by atoms with Crippen molar-refractivity contribution in [3.63, 3.8) is 0 Å². The minimum Gasteiger partial charge on any atom is -0.457 e. The summed E-state index contributed by atoms with van der Waals surface area (Å²) in [4.78, 5) is 0.375. The molecule has 92 valence electrons. The number of rotatable bonds is 3. The Morgan fingerprint density at radius 3 is 2.44 bits per heavy atom. The van der Waals surface area contributed by atoms with Crippen LogP contribution in [0.1, 0.15) is 11.1 Å². The summed E-state index contributed by atoms with van der Waals surface area (Å²) in [6.07, 6.45) is 0. The van der Waals surface area contributed by atoms with Crippen molar-refractivity contribution in [3.8, 4) is 11.5 Å². The van der Waals surface area contributed by atoms with E-state index in [1.165, 1.54) is 0 Å². The zero-order valence-electron chi connectivity index (χ0n) is 9.81. The molecule has 4 heteroatoms. The van der Waals surface area contributed by atoms with E-state index in [0.29, 0.717) is 10.0 Å². The minimum atomic E-state index is 0.375. The summed E-state index contributed by atoms with van der Waals surface area (Å²) in [5, 5.41) is 0.648. The Hall–Kier alpha value is -1.58. The molecular formula is C14H12ClNOS. The molecule has 0 radical (unpaired) electrons. The van der Waals surface area contributed by atoms with E-state index in [2.05, 4.69) is 0 Å². The number of hydrogen-bond acceptors (Lipinski definition) is 2. The van der Waals surface area contributed by atoms with Gasteiger partial charge in [0.25, 0.3) is 0 Å². The highest BCUT2D eigenvalue weighted by Crippen LogP contribution is 2.27. The summed E-state index contributed by atoms with van der Waals surface area (Å²) in [5.41, 5.74) is 7.38. The average molecular weight is 278 g/mol. The smallest absolute Gasteiger partial charge is 0.131 e. The highest BCUT2D eigenvalue weighted by molar-refractivity contribution is 7.80. The molecule has 0 saturated heterocycles. The van der Waals surface area contributed by atoms with Crippen LogP contribution in [0.5, 0.6) is 11.5 Å². The number of halogens is 1. The molecule has 2 nitrogen and oxygen atoms in total. The zero-order valence-corrected chi connectivity index (χ0v) is 11.4. The van der Waals surface area contributed by atoms with Crippen LogP contribution in [0.2, 0.25) is 5.02 Å². The highest BCUT2D eigenvalue weighted by atomic mass is 35.5. The second kappa shape index (κ2) is 5.38. The van der Waals surface area contributed by atoms with Crippen LogP contribution >= 0.6 is 23.8 Å². The lowest BCUT2D eigenvalue weighted by Crippen LogP contribution is -2.08. The van der Waals surface area contributed by atoms with Gasteiger partial charge in [-0.3, -0.25) is 0 Å². The van der Waals surface area contributed by atoms with Gasteiger partial charge < -0.3 is 10.5 Å². The number of ether oxygens (including phenoxy) is 1. The van der Waals surface area contributed by atoms with Crippen LogP contribution < -0.4 is 10.5 Å². The van der Waals surface area contributed by atoms with Crippen molar-refractivity contribution in [1.82, 2.24) is 0 Å². The van der Waals surface area contributed by atoms with Crippen LogP contribution in [0, 0.1) is 6.92 Å². The van der Waals surface area contributed by atoms with Gasteiger partial charge in [0.05, 0.1) is 0 Å². The van der Waals surface area contributed by atoms with Crippen LogP contribution in [0.15, 0.2) is 42.5 Å². The van der Waals surface area contributed by atoms with Gasteiger partial charge in [-0.05, 0) is 48.9 Å². The van der Waals surface area contributed by atoms with Gasteiger partial charge in [-0.2, -0.15) is 0 Å². The first-order valence-corrected chi connectivity index (χ1v) is 6.19. The molecule has 2 N–H and O–H groups in total. The molecule has 2 aromatic carbocycles. The van der Waals surface area contributed by atoms with Gasteiger partial charge in [0, 0.05) is 10.6 Å². The van der Waals surface area contributed by atoms with Gasteiger partial charge in [0.2, 0.25) is 0 Å². The normalized spacial score (nSPS) is 10.1. The van der Waals surface area contributed by atoms with Crippen molar-refractivity contribution >= 4 is 28.8 Å². The van der Waals surface area contributed by atoms with Crippen molar-refractivity contribution in [1.29, 1.82) is 0 Å². The molecule has 2 rings (SSSR count). The molecule has 0 heterocycles. The third-order valence-electron chi connectivity index (χ3n) is 2.52. The molecule has 0 unspecified atom stereocenters. The van der Waals surface area contributed by atoms with E-state index in [9.17, 15) is 0 Å². The molecule has 2 aromatic rings. The Kier molecular flexibility index (Phi) is 3.84.